The molecule has 1 unspecified atom stereocenters. The van der Waals surface area contributed by atoms with Crippen molar-refractivity contribution in [1.82, 2.24) is 5.32 Å². The molecule has 2 N–H and O–H groups in total. The molecule has 148 valence electrons. The lowest BCUT2D eigenvalue weighted by molar-refractivity contribution is -0.137. The van der Waals surface area contributed by atoms with Gasteiger partial charge in [0, 0.05) is 16.6 Å². The van der Waals surface area contributed by atoms with Crippen molar-refractivity contribution >= 4 is 31.8 Å². The number of carboxylic acid groups (broad SMARTS) is 1. The molecule has 0 heterocycles. The number of alkyl carbamates (subject to hydrolysis) is 1. The minimum atomic E-state index is -3.99. The van der Waals surface area contributed by atoms with Gasteiger partial charge in [-0.25, -0.2) is 13.2 Å². The molecule has 1 amide bonds. The van der Waals surface area contributed by atoms with Gasteiger partial charge in [-0.2, -0.15) is 0 Å². The van der Waals surface area contributed by atoms with Gasteiger partial charge in [0.1, 0.15) is 6.61 Å². The molecule has 9 heteroatoms. The van der Waals surface area contributed by atoms with Crippen LogP contribution >= 0.6 is 10.7 Å². The number of nitrogens with one attached hydrogen (secondary N) is 1. The van der Waals surface area contributed by atoms with E-state index in [0.717, 1.165) is 22.3 Å². The van der Waals surface area contributed by atoms with E-state index < -0.39 is 39.3 Å². The second kappa shape index (κ2) is 8.20. The van der Waals surface area contributed by atoms with Gasteiger partial charge in [0.05, 0.1) is 18.2 Å². The Labute approximate surface area is 166 Å². The summed E-state index contributed by atoms with van der Waals surface area (Å²) in [5.74, 6) is -2.12. The van der Waals surface area contributed by atoms with E-state index in [1.165, 1.54) is 0 Å². The molecular formula is C19H18ClNO6S. The Hall–Kier alpha value is -2.58. The van der Waals surface area contributed by atoms with Gasteiger partial charge in [0.25, 0.3) is 0 Å². The van der Waals surface area contributed by atoms with E-state index in [1.807, 2.05) is 48.5 Å². The number of fused-ring (bicyclic) bond motifs is 3. The number of carbonyl (C=O) groups excluding carboxylic acids is 1. The Morgan fingerprint density at radius 2 is 1.61 bits per heavy atom. The lowest BCUT2D eigenvalue weighted by Gasteiger charge is -2.18. The third-order valence-corrected chi connectivity index (χ3v) is 5.67. The number of ether oxygens (including phenoxy) is 1. The smallest absolute Gasteiger partial charge is 0.407 e. The van der Waals surface area contributed by atoms with Crippen molar-refractivity contribution in [2.45, 2.75) is 18.4 Å². The lowest BCUT2D eigenvalue weighted by Crippen LogP contribution is -2.41. The van der Waals surface area contributed by atoms with Crippen LogP contribution in [0.1, 0.15) is 23.5 Å². The highest BCUT2D eigenvalue weighted by atomic mass is 35.7. The molecule has 0 bridgehead atoms. The average Bonchev–Trinajstić information content (AvgIpc) is 2.92. The van der Waals surface area contributed by atoms with Crippen LogP contribution in [0.25, 0.3) is 11.1 Å². The molecule has 2 aromatic carbocycles. The highest BCUT2D eigenvalue weighted by molar-refractivity contribution is 8.13. The molecule has 1 atom stereocenters. The number of carbonyl (C=O) groups is 2. The zero-order chi connectivity index (χ0) is 20.3. The highest BCUT2D eigenvalue weighted by Crippen LogP contribution is 2.44. The SMILES string of the molecule is O=C(O)CC(CS(=O)(=O)Cl)NC(=O)OCC1c2ccccc2-c2ccccc21. The number of hydrogen-bond donors (Lipinski definition) is 2. The monoisotopic (exact) mass is 423 g/mol. The van der Waals surface area contributed by atoms with E-state index in [4.69, 9.17) is 20.5 Å². The van der Waals surface area contributed by atoms with Crippen LogP contribution in [0.4, 0.5) is 4.79 Å². The first-order valence-corrected chi connectivity index (χ1v) is 11.0. The van der Waals surface area contributed by atoms with Crippen molar-refractivity contribution in [3.8, 4) is 11.1 Å². The predicted molar refractivity (Wildman–Crippen MR) is 104 cm³/mol. The number of benzene rings is 2. The second-order valence-corrected chi connectivity index (χ2v) is 9.29. The van der Waals surface area contributed by atoms with Crippen molar-refractivity contribution in [3.05, 3.63) is 59.7 Å². The third kappa shape index (κ3) is 4.82. The molecule has 0 aromatic heterocycles. The molecule has 2 aromatic rings. The van der Waals surface area contributed by atoms with Crippen LogP contribution in [-0.4, -0.2) is 44.0 Å². The molecule has 0 radical (unpaired) electrons. The first kappa shape index (κ1) is 20.2. The fraction of sp³-hybridized carbons (Fsp3) is 0.263. The van der Waals surface area contributed by atoms with Crippen molar-refractivity contribution in [3.63, 3.8) is 0 Å². The summed E-state index contributed by atoms with van der Waals surface area (Å²) in [6.45, 7) is 0.0350. The van der Waals surface area contributed by atoms with E-state index in [9.17, 15) is 18.0 Å². The minimum Gasteiger partial charge on any atom is -0.481 e. The molecule has 1 aliphatic rings. The summed E-state index contributed by atoms with van der Waals surface area (Å²) in [5.41, 5.74) is 4.21. The molecule has 0 aliphatic heterocycles. The maximum Gasteiger partial charge on any atom is 0.407 e. The molecule has 0 fully saturated rings. The van der Waals surface area contributed by atoms with E-state index >= 15 is 0 Å². The first-order valence-electron chi connectivity index (χ1n) is 8.50. The standard InChI is InChI=1S/C19H18ClNO6S/c20-28(25,26)11-12(9-18(22)23)21-19(24)27-10-17-15-7-3-1-5-13(15)14-6-2-4-8-16(14)17/h1-8,12,17H,9-11H2,(H,21,24)(H,22,23). The largest absolute Gasteiger partial charge is 0.481 e. The van der Waals surface area contributed by atoms with Crippen LogP contribution in [0.5, 0.6) is 0 Å². The summed E-state index contributed by atoms with van der Waals surface area (Å²) < 4.78 is 27.7. The topological polar surface area (TPSA) is 110 Å². The fourth-order valence-electron chi connectivity index (χ4n) is 3.41. The van der Waals surface area contributed by atoms with Crippen LogP contribution in [0.3, 0.4) is 0 Å². The van der Waals surface area contributed by atoms with E-state index in [2.05, 4.69) is 5.32 Å². The number of hydrogen-bond acceptors (Lipinski definition) is 5. The van der Waals surface area contributed by atoms with Crippen molar-refractivity contribution < 1.29 is 27.9 Å². The van der Waals surface area contributed by atoms with Gasteiger partial charge >= 0.3 is 12.1 Å². The summed E-state index contributed by atoms with van der Waals surface area (Å²) in [6, 6.07) is 14.4. The van der Waals surface area contributed by atoms with Gasteiger partial charge in [0.2, 0.25) is 9.05 Å². The van der Waals surface area contributed by atoms with Gasteiger partial charge in [-0.15, -0.1) is 0 Å². The van der Waals surface area contributed by atoms with Gasteiger partial charge in [-0.05, 0) is 22.3 Å². The Kier molecular flexibility index (Phi) is 5.90. The summed E-state index contributed by atoms with van der Waals surface area (Å²) >= 11 is 0. The zero-order valence-electron chi connectivity index (χ0n) is 14.7. The lowest BCUT2D eigenvalue weighted by atomic mass is 9.98. The van der Waals surface area contributed by atoms with Crippen molar-refractivity contribution in [2.24, 2.45) is 0 Å². The molecule has 0 saturated heterocycles. The zero-order valence-corrected chi connectivity index (χ0v) is 16.2. The third-order valence-electron chi connectivity index (χ3n) is 4.49. The normalized spacial score (nSPS) is 14.0. The van der Waals surface area contributed by atoms with Crippen LogP contribution in [0.2, 0.25) is 0 Å². The number of amides is 1. The quantitative estimate of drug-likeness (QED) is 0.662. The number of halogens is 1. The van der Waals surface area contributed by atoms with Gasteiger partial charge in [-0.1, -0.05) is 48.5 Å². The predicted octanol–water partition coefficient (Wildman–Crippen LogP) is 2.94. The van der Waals surface area contributed by atoms with Crippen LogP contribution in [0, 0.1) is 0 Å². The summed E-state index contributed by atoms with van der Waals surface area (Å²) in [7, 11) is 1.19. The number of aliphatic carboxylic acids is 1. The summed E-state index contributed by atoms with van der Waals surface area (Å²) in [5, 5.41) is 11.2. The molecule has 0 saturated carbocycles. The van der Waals surface area contributed by atoms with Crippen LogP contribution < -0.4 is 5.32 Å². The molecule has 1 aliphatic carbocycles. The molecule has 0 spiro atoms. The van der Waals surface area contributed by atoms with E-state index in [-0.39, 0.29) is 12.5 Å². The maximum absolute atomic E-state index is 12.1. The van der Waals surface area contributed by atoms with E-state index in [0.29, 0.717) is 0 Å². The number of rotatable bonds is 7. The molecule has 28 heavy (non-hydrogen) atoms. The number of carboxylic acids is 1. The Morgan fingerprint density at radius 3 is 2.11 bits per heavy atom. The molecular weight excluding hydrogens is 406 g/mol. The Balaban J connectivity index is 1.69. The second-order valence-electron chi connectivity index (χ2n) is 6.47. The first-order chi connectivity index (χ1) is 13.2. The molecule has 3 rings (SSSR count). The van der Waals surface area contributed by atoms with Gasteiger partial charge in [0.15, 0.2) is 0 Å². The highest BCUT2D eigenvalue weighted by Gasteiger charge is 2.29. The summed E-state index contributed by atoms with van der Waals surface area (Å²) in [4.78, 5) is 23.0. The minimum absolute atomic E-state index is 0.0350. The van der Waals surface area contributed by atoms with Crippen LogP contribution in [-0.2, 0) is 18.6 Å². The Morgan fingerprint density at radius 1 is 1.07 bits per heavy atom. The summed E-state index contributed by atoms with van der Waals surface area (Å²) in [6.07, 6.45) is -1.48. The van der Waals surface area contributed by atoms with Crippen molar-refractivity contribution in [2.75, 3.05) is 12.4 Å². The molecule has 7 nitrogen and oxygen atoms in total. The fourth-order valence-corrected chi connectivity index (χ4v) is 4.55. The Bertz CT molecular complexity index is 961. The van der Waals surface area contributed by atoms with Gasteiger partial charge in [-0.3, -0.25) is 4.79 Å². The van der Waals surface area contributed by atoms with Gasteiger partial charge < -0.3 is 15.2 Å². The van der Waals surface area contributed by atoms with Crippen molar-refractivity contribution in [1.29, 1.82) is 0 Å². The van der Waals surface area contributed by atoms with Crippen LogP contribution in [0.15, 0.2) is 48.5 Å². The maximum atomic E-state index is 12.1. The van der Waals surface area contributed by atoms with E-state index in [1.54, 1.807) is 0 Å². The average molecular weight is 424 g/mol.